The van der Waals surface area contributed by atoms with Crippen molar-refractivity contribution in [3.8, 4) is 0 Å². The van der Waals surface area contributed by atoms with Crippen molar-refractivity contribution in [3.05, 3.63) is 12.2 Å². The molecule has 0 aliphatic carbocycles. The molecule has 0 aromatic rings. The summed E-state index contributed by atoms with van der Waals surface area (Å²) in [5, 5.41) is -0.192. The van der Waals surface area contributed by atoms with Gasteiger partial charge >= 0.3 is 29.6 Å². The van der Waals surface area contributed by atoms with Crippen molar-refractivity contribution < 1.29 is 4.79 Å². The Morgan fingerprint density at radius 3 is 1.67 bits per heavy atom. The molecule has 3 heteroatoms. The third-order valence-corrected chi connectivity index (χ3v) is 3.82. The van der Waals surface area contributed by atoms with Crippen LogP contribution in [0.25, 0.3) is 0 Å². The van der Waals surface area contributed by atoms with Gasteiger partial charge in [0.05, 0.1) is 0 Å². The fraction of sp³-hybridized carbons (Fsp3) is 0.833. The summed E-state index contributed by atoms with van der Waals surface area (Å²) in [5.74, 6) is 0. The Balaban J connectivity index is 0. The number of rotatable bonds is 15. The summed E-state index contributed by atoms with van der Waals surface area (Å²) in [6.07, 6.45) is 21.9. The van der Waals surface area contributed by atoms with Crippen molar-refractivity contribution in [2.24, 2.45) is 0 Å². The molecule has 0 N–H and O–H groups in total. The van der Waals surface area contributed by atoms with E-state index in [0.717, 1.165) is 12.8 Å². The molecule has 0 spiro atoms. The molecule has 0 bridgehead atoms. The van der Waals surface area contributed by atoms with E-state index < -0.39 is 0 Å². The first-order valence-corrected chi connectivity index (χ1v) is 8.98. The minimum absolute atomic E-state index is 0. The van der Waals surface area contributed by atoms with Crippen molar-refractivity contribution >= 4 is 46.4 Å². The van der Waals surface area contributed by atoms with Crippen molar-refractivity contribution in [1.29, 1.82) is 0 Å². The van der Waals surface area contributed by atoms with Crippen LogP contribution in [0, 0.1) is 0 Å². The van der Waals surface area contributed by atoms with Gasteiger partial charge < -0.3 is 0 Å². The van der Waals surface area contributed by atoms with E-state index in [2.05, 4.69) is 19.1 Å². The molecule has 0 saturated heterocycles. The summed E-state index contributed by atoms with van der Waals surface area (Å²) in [5.41, 5.74) is 0. The molecule has 0 unspecified atom stereocenters. The topological polar surface area (TPSA) is 17.1 Å². The van der Waals surface area contributed by atoms with Gasteiger partial charge in [0.1, 0.15) is 0 Å². The van der Waals surface area contributed by atoms with E-state index in [1.807, 2.05) is 0 Å². The normalized spacial score (nSPS) is 10.8. The summed E-state index contributed by atoms with van der Waals surface area (Å²) < 4.78 is 0. The zero-order valence-corrected chi connectivity index (χ0v) is 14.1. The van der Waals surface area contributed by atoms with E-state index in [9.17, 15) is 4.79 Å². The quantitative estimate of drug-likeness (QED) is 0.153. The average molecular weight is 325 g/mol. The summed E-state index contributed by atoms with van der Waals surface area (Å²) in [6, 6.07) is 0. The van der Waals surface area contributed by atoms with Crippen LogP contribution in [0.4, 0.5) is 0 Å². The van der Waals surface area contributed by atoms with E-state index in [1.54, 1.807) is 0 Å². The van der Waals surface area contributed by atoms with Crippen LogP contribution < -0.4 is 0 Å². The van der Waals surface area contributed by atoms with Crippen LogP contribution in [-0.4, -0.2) is 34.8 Å². The van der Waals surface area contributed by atoms with Gasteiger partial charge in [-0.3, -0.25) is 4.79 Å². The van der Waals surface area contributed by atoms with Crippen LogP contribution in [0.3, 0.4) is 0 Å². The van der Waals surface area contributed by atoms with Crippen molar-refractivity contribution in [2.75, 3.05) is 0 Å². The first-order chi connectivity index (χ1) is 9.77. The number of carbonyl (C=O) groups is 1. The van der Waals surface area contributed by atoms with Crippen molar-refractivity contribution in [2.45, 2.75) is 96.8 Å². The molecule has 0 amide bonds. The van der Waals surface area contributed by atoms with Gasteiger partial charge in [-0.25, -0.2) is 0 Å². The number of halogens is 1. The first-order valence-electron chi connectivity index (χ1n) is 8.60. The summed E-state index contributed by atoms with van der Waals surface area (Å²) >= 11 is 5.29. The second-order valence-electron chi connectivity index (χ2n) is 5.69. The zero-order chi connectivity index (χ0) is 14.9. The van der Waals surface area contributed by atoms with Crippen LogP contribution in [0.2, 0.25) is 0 Å². The van der Waals surface area contributed by atoms with Crippen molar-refractivity contribution in [1.82, 2.24) is 0 Å². The average Bonchev–Trinajstić information content (AvgIpc) is 2.43. The van der Waals surface area contributed by atoms with Gasteiger partial charge in [0.2, 0.25) is 5.24 Å². The van der Waals surface area contributed by atoms with Crippen LogP contribution in [0.1, 0.15) is 96.8 Å². The van der Waals surface area contributed by atoms with Crippen LogP contribution in [0.5, 0.6) is 0 Å². The van der Waals surface area contributed by atoms with Gasteiger partial charge in [0, 0.05) is 6.42 Å². The fourth-order valence-corrected chi connectivity index (χ4v) is 2.47. The Kier molecular flexibility index (Phi) is 23.6. The molecule has 120 valence electrons. The molecule has 0 atom stereocenters. The predicted octanol–water partition coefficient (Wildman–Crippen LogP) is 6.14. The Labute approximate surface area is 159 Å². The van der Waals surface area contributed by atoms with Crippen molar-refractivity contribution in [3.63, 3.8) is 0 Å². The van der Waals surface area contributed by atoms with Gasteiger partial charge in [0.15, 0.2) is 0 Å². The third kappa shape index (κ3) is 23.1. The third-order valence-electron chi connectivity index (χ3n) is 3.64. The number of allylic oxidation sites excluding steroid dienone is 2. The fourth-order valence-electron chi connectivity index (χ4n) is 2.33. The molecule has 21 heavy (non-hydrogen) atoms. The van der Waals surface area contributed by atoms with E-state index in [1.165, 1.54) is 70.6 Å². The molecule has 0 rings (SSSR count). The Morgan fingerprint density at radius 2 is 1.19 bits per heavy atom. The van der Waals surface area contributed by atoms with E-state index in [4.69, 9.17) is 11.6 Å². The molecule has 1 nitrogen and oxygen atoms in total. The molecule has 0 aromatic heterocycles. The number of carbonyl (C=O) groups excluding carboxylic acids is 1. The van der Waals surface area contributed by atoms with Gasteiger partial charge in [-0.2, -0.15) is 0 Å². The second-order valence-corrected chi connectivity index (χ2v) is 6.11. The van der Waals surface area contributed by atoms with E-state index in [-0.39, 0.29) is 34.8 Å². The van der Waals surface area contributed by atoms with E-state index in [0.29, 0.717) is 6.42 Å². The van der Waals surface area contributed by atoms with Gasteiger partial charge in [0.25, 0.3) is 0 Å². The molecular formula is C18H34ClNaO. The minimum atomic E-state index is -0.192. The summed E-state index contributed by atoms with van der Waals surface area (Å²) in [6.45, 7) is 2.26. The summed E-state index contributed by atoms with van der Waals surface area (Å²) in [4.78, 5) is 10.5. The Bertz CT molecular complexity index is 241. The molecule has 0 aliphatic heterocycles. The number of hydrogen-bond donors (Lipinski definition) is 0. The van der Waals surface area contributed by atoms with Gasteiger partial charge in [-0.1, -0.05) is 70.4 Å². The maximum absolute atomic E-state index is 10.5. The van der Waals surface area contributed by atoms with Gasteiger partial charge in [-0.15, -0.1) is 0 Å². The Hall–Kier alpha value is 0.700. The standard InChI is InChI=1S/C18H33ClO.Na.H/c1-2-3-4-5-6-7-8-9-10-11-12-13-14-15-16-17-18(19)20;;/h9-10H,2-8,11-17H2,1H3;;/b10-9-;;. The number of hydrogen-bond acceptors (Lipinski definition) is 1. The molecule has 0 heterocycles. The molecule has 0 fully saturated rings. The predicted molar refractivity (Wildman–Crippen MR) is 97.5 cm³/mol. The second kappa shape index (κ2) is 20.7. The van der Waals surface area contributed by atoms with Crippen LogP contribution in [0.15, 0.2) is 12.2 Å². The van der Waals surface area contributed by atoms with Gasteiger partial charge in [-0.05, 0) is 43.7 Å². The monoisotopic (exact) mass is 324 g/mol. The maximum atomic E-state index is 10.5. The van der Waals surface area contributed by atoms with Crippen LogP contribution in [-0.2, 0) is 4.79 Å². The van der Waals surface area contributed by atoms with E-state index >= 15 is 0 Å². The molecule has 0 aliphatic rings. The SMILES string of the molecule is CCCCCCCC/C=C\CCCCCCCC(=O)Cl.[NaH]. The number of unbranched alkanes of at least 4 members (excludes halogenated alkanes) is 11. The first kappa shape index (κ1) is 24.0. The molecule has 0 aromatic carbocycles. The molecular weight excluding hydrogens is 291 g/mol. The summed E-state index contributed by atoms with van der Waals surface area (Å²) in [7, 11) is 0. The molecule has 0 saturated carbocycles. The zero-order valence-electron chi connectivity index (χ0n) is 13.3. The molecule has 0 radical (unpaired) electrons. The Morgan fingerprint density at radius 1 is 0.762 bits per heavy atom. The van der Waals surface area contributed by atoms with Crippen LogP contribution >= 0.6 is 11.6 Å².